The van der Waals surface area contributed by atoms with Gasteiger partial charge in [-0.3, -0.25) is 10.1 Å². The highest BCUT2D eigenvalue weighted by Crippen LogP contribution is 2.25. The average molecular weight is 365 g/mol. The van der Waals surface area contributed by atoms with Gasteiger partial charge in [-0.2, -0.15) is 0 Å². The molecule has 124 valence electrons. The van der Waals surface area contributed by atoms with Gasteiger partial charge in [0.15, 0.2) is 5.11 Å². The van der Waals surface area contributed by atoms with Gasteiger partial charge >= 0.3 is 5.97 Å². The summed E-state index contributed by atoms with van der Waals surface area (Å²) in [5, 5.41) is 14.8. The molecule has 0 unspecified atom stereocenters. The first-order chi connectivity index (χ1) is 11.4. The summed E-state index contributed by atoms with van der Waals surface area (Å²) in [6.45, 7) is 0. The molecule has 0 bridgehead atoms. The molecule has 8 heteroatoms. The number of hydrogen-bond donors (Lipinski definition) is 3. The van der Waals surface area contributed by atoms with Crippen molar-refractivity contribution in [2.45, 2.75) is 0 Å². The second kappa shape index (κ2) is 7.76. The molecule has 0 radical (unpaired) electrons. The van der Waals surface area contributed by atoms with Crippen molar-refractivity contribution in [2.75, 3.05) is 12.4 Å². The van der Waals surface area contributed by atoms with Gasteiger partial charge in [-0.15, -0.1) is 0 Å². The quantitative estimate of drug-likeness (QED) is 0.722. The van der Waals surface area contributed by atoms with Crippen LogP contribution in [0.5, 0.6) is 5.75 Å². The van der Waals surface area contributed by atoms with Gasteiger partial charge in [0, 0.05) is 10.6 Å². The molecule has 3 N–H and O–H groups in total. The third-order valence-electron chi connectivity index (χ3n) is 3.03. The molecule has 0 spiro atoms. The molecule has 0 heterocycles. The molecule has 0 saturated heterocycles. The highest BCUT2D eigenvalue weighted by Gasteiger charge is 2.12. The van der Waals surface area contributed by atoms with Crippen molar-refractivity contribution in [3.8, 4) is 5.75 Å². The first kappa shape index (κ1) is 17.7. The number of methoxy groups -OCH3 is 1. The van der Waals surface area contributed by atoms with Crippen LogP contribution in [0.3, 0.4) is 0 Å². The summed E-state index contributed by atoms with van der Waals surface area (Å²) in [6, 6.07) is 10.6. The molecule has 0 aliphatic carbocycles. The predicted molar refractivity (Wildman–Crippen MR) is 95.1 cm³/mol. The molecule has 2 aromatic rings. The van der Waals surface area contributed by atoms with E-state index in [0.29, 0.717) is 22.0 Å². The molecular formula is C16H13ClN2O4S. The maximum absolute atomic E-state index is 12.1. The first-order valence-corrected chi connectivity index (χ1v) is 7.48. The van der Waals surface area contributed by atoms with Crippen molar-refractivity contribution in [3.63, 3.8) is 0 Å². The molecule has 0 aliphatic rings. The van der Waals surface area contributed by atoms with Gasteiger partial charge in [0.1, 0.15) is 5.75 Å². The highest BCUT2D eigenvalue weighted by molar-refractivity contribution is 7.80. The van der Waals surface area contributed by atoms with Crippen LogP contribution in [-0.4, -0.2) is 29.2 Å². The van der Waals surface area contributed by atoms with E-state index in [4.69, 9.17) is 33.7 Å². The Labute approximate surface area is 148 Å². The summed E-state index contributed by atoms with van der Waals surface area (Å²) < 4.78 is 5.14. The summed E-state index contributed by atoms with van der Waals surface area (Å²) in [7, 11) is 1.44. The van der Waals surface area contributed by atoms with Gasteiger partial charge in [0.2, 0.25) is 0 Å². The number of carbonyl (C=O) groups excluding carboxylic acids is 1. The number of rotatable bonds is 4. The SMILES string of the molecule is COc1ccc(C(=O)O)cc1NC(=S)NC(=O)c1ccc(Cl)cc1. The van der Waals surface area contributed by atoms with E-state index >= 15 is 0 Å². The van der Waals surface area contributed by atoms with E-state index in [1.807, 2.05) is 0 Å². The standard InChI is InChI=1S/C16H13ClN2O4S/c1-23-13-7-4-10(15(21)22)8-12(13)18-16(24)19-14(20)9-2-5-11(17)6-3-9/h2-8H,1H3,(H,21,22)(H2,18,19,20,24). The Morgan fingerprint density at radius 1 is 1.12 bits per heavy atom. The molecule has 6 nitrogen and oxygen atoms in total. The van der Waals surface area contributed by atoms with E-state index in [-0.39, 0.29) is 10.7 Å². The number of benzene rings is 2. The summed E-state index contributed by atoms with van der Waals surface area (Å²) >= 11 is 10.9. The van der Waals surface area contributed by atoms with Gasteiger partial charge < -0.3 is 15.2 Å². The maximum Gasteiger partial charge on any atom is 0.335 e. The number of anilines is 1. The highest BCUT2D eigenvalue weighted by atomic mass is 35.5. The zero-order chi connectivity index (χ0) is 17.7. The summed E-state index contributed by atoms with van der Waals surface area (Å²) in [6.07, 6.45) is 0. The fraction of sp³-hybridized carbons (Fsp3) is 0.0625. The molecule has 2 aromatic carbocycles. The lowest BCUT2D eigenvalue weighted by Crippen LogP contribution is -2.34. The van der Waals surface area contributed by atoms with Crippen LogP contribution in [0, 0.1) is 0 Å². The van der Waals surface area contributed by atoms with Crippen LogP contribution in [0.1, 0.15) is 20.7 Å². The largest absolute Gasteiger partial charge is 0.495 e. The topological polar surface area (TPSA) is 87.7 Å². The van der Waals surface area contributed by atoms with Crippen LogP contribution in [-0.2, 0) is 0 Å². The Balaban J connectivity index is 2.11. The normalized spacial score (nSPS) is 9.92. The number of carbonyl (C=O) groups is 2. The fourth-order valence-corrected chi connectivity index (χ4v) is 2.20. The van der Waals surface area contributed by atoms with Gasteiger partial charge in [0.05, 0.1) is 18.4 Å². The molecule has 2 rings (SSSR count). The van der Waals surface area contributed by atoms with Crippen LogP contribution in [0.2, 0.25) is 5.02 Å². The zero-order valence-electron chi connectivity index (χ0n) is 12.5. The van der Waals surface area contributed by atoms with E-state index in [0.717, 1.165) is 0 Å². The van der Waals surface area contributed by atoms with Crippen molar-refractivity contribution < 1.29 is 19.4 Å². The monoisotopic (exact) mass is 364 g/mol. The molecule has 0 fully saturated rings. The van der Waals surface area contributed by atoms with Crippen LogP contribution < -0.4 is 15.4 Å². The van der Waals surface area contributed by atoms with Gasteiger partial charge in [-0.25, -0.2) is 4.79 Å². The van der Waals surface area contributed by atoms with Gasteiger partial charge in [-0.1, -0.05) is 11.6 Å². The zero-order valence-corrected chi connectivity index (χ0v) is 14.1. The number of nitrogens with one attached hydrogen (secondary N) is 2. The van der Waals surface area contributed by atoms with E-state index in [2.05, 4.69) is 10.6 Å². The van der Waals surface area contributed by atoms with Gasteiger partial charge in [-0.05, 0) is 54.7 Å². The number of thiocarbonyl (C=S) groups is 1. The molecule has 24 heavy (non-hydrogen) atoms. The van der Waals surface area contributed by atoms with Crippen molar-refractivity contribution in [2.24, 2.45) is 0 Å². The second-order valence-corrected chi connectivity index (χ2v) is 5.48. The molecule has 0 aromatic heterocycles. The number of aromatic carboxylic acids is 1. The Bertz CT molecular complexity index is 793. The summed E-state index contributed by atoms with van der Waals surface area (Å²) in [4.78, 5) is 23.1. The third-order valence-corrected chi connectivity index (χ3v) is 3.48. The van der Waals surface area contributed by atoms with Crippen molar-refractivity contribution in [1.82, 2.24) is 5.32 Å². The smallest absolute Gasteiger partial charge is 0.335 e. The first-order valence-electron chi connectivity index (χ1n) is 6.70. The van der Waals surface area contributed by atoms with Gasteiger partial charge in [0.25, 0.3) is 5.91 Å². The number of ether oxygens (including phenoxy) is 1. The van der Waals surface area contributed by atoms with Crippen LogP contribution >= 0.6 is 23.8 Å². The van der Waals surface area contributed by atoms with Crippen molar-refractivity contribution >= 4 is 46.5 Å². The molecule has 0 saturated carbocycles. The molecular weight excluding hydrogens is 352 g/mol. The summed E-state index contributed by atoms with van der Waals surface area (Å²) in [5.74, 6) is -1.11. The van der Waals surface area contributed by atoms with Crippen LogP contribution in [0.4, 0.5) is 5.69 Å². The van der Waals surface area contributed by atoms with E-state index in [1.54, 1.807) is 24.3 Å². The number of hydrogen-bond acceptors (Lipinski definition) is 4. The lowest BCUT2D eigenvalue weighted by atomic mass is 10.2. The minimum atomic E-state index is -1.09. The van der Waals surface area contributed by atoms with Crippen LogP contribution in [0.15, 0.2) is 42.5 Å². The minimum Gasteiger partial charge on any atom is -0.495 e. The van der Waals surface area contributed by atoms with E-state index in [9.17, 15) is 9.59 Å². The Hall–Kier alpha value is -2.64. The minimum absolute atomic E-state index is 0.00999. The number of amides is 1. The Morgan fingerprint density at radius 2 is 1.75 bits per heavy atom. The van der Waals surface area contributed by atoms with Crippen LogP contribution in [0.25, 0.3) is 0 Å². The predicted octanol–water partition coefficient (Wildman–Crippen LogP) is 3.17. The number of carboxylic acids is 1. The lowest BCUT2D eigenvalue weighted by Gasteiger charge is -2.13. The Kier molecular flexibility index (Phi) is 5.73. The molecule has 0 aliphatic heterocycles. The Morgan fingerprint density at radius 3 is 2.33 bits per heavy atom. The second-order valence-electron chi connectivity index (χ2n) is 4.64. The third kappa shape index (κ3) is 4.43. The van der Waals surface area contributed by atoms with Crippen molar-refractivity contribution in [1.29, 1.82) is 0 Å². The molecule has 1 amide bonds. The number of carboxylic acid groups (broad SMARTS) is 1. The number of halogens is 1. The summed E-state index contributed by atoms with van der Waals surface area (Å²) in [5.41, 5.74) is 0.777. The maximum atomic E-state index is 12.1. The van der Waals surface area contributed by atoms with E-state index < -0.39 is 11.9 Å². The average Bonchev–Trinajstić information content (AvgIpc) is 2.55. The lowest BCUT2D eigenvalue weighted by molar-refractivity contribution is 0.0696. The van der Waals surface area contributed by atoms with Crippen molar-refractivity contribution in [3.05, 3.63) is 58.6 Å². The molecule has 0 atom stereocenters. The van der Waals surface area contributed by atoms with E-state index in [1.165, 1.54) is 25.3 Å². The fourth-order valence-electron chi connectivity index (χ4n) is 1.87.